The Kier molecular flexibility index (Phi) is 6.94. The summed E-state index contributed by atoms with van der Waals surface area (Å²) < 4.78 is 4.79. The van der Waals surface area contributed by atoms with Gasteiger partial charge in [0, 0.05) is 18.2 Å². The lowest BCUT2D eigenvalue weighted by Crippen LogP contribution is -2.34. The SMILES string of the molecule is CC(C)NC(=O)COC(=O)CCNC(=O)c1ccccc1. The average Bonchev–Trinajstić information content (AvgIpc) is 2.45. The van der Waals surface area contributed by atoms with Crippen molar-refractivity contribution in [2.24, 2.45) is 0 Å². The van der Waals surface area contributed by atoms with Gasteiger partial charge in [-0.2, -0.15) is 0 Å². The zero-order valence-electron chi connectivity index (χ0n) is 12.2. The fourth-order valence-corrected chi connectivity index (χ4v) is 1.55. The minimum atomic E-state index is -0.526. The Bertz CT molecular complexity index is 486. The lowest BCUT2D eigenvalue weighted by atomic mass is 10.2. The fourth-order valence-electron chi connectivity index (χ4n) is 1.55. The predicted molar refractivity (Wildman–Crippen MR) is 77.6 cm³/mol. The summed E-state index contributed by atoms with van der Waals surface area (Å²) in [4.78, 5) is 34.4. The van der Waals surface area contributed by atoms with E-state index in [0.29, 0.717) is 5.56 Å². The fraction of sp³-hybridized carbons (Fsp3) is 0.400. The monoisotopic (exact) mass is 292 g/mol. The molecule has 6 heteroatoms. The maximum atomic E-state index is 11.7. The van der Waals surface area contributed by atoms with Crippen molar-refractivity contribution in [3.8, 4) is 0 Å². The first-order valence-electron chi connectivity index (χ1n) is 6.77. The molecule has 21 heavy (non-hydrogen) atoms. The number of carbonyl (C=O) groups is 3. The summed E-state index contributed by atoms with van der Waals surface area (Å²) in [6.45, 7) is 3.50. The van der Waals surface area contributed by atoms with E-state index in [4.69, 9.17) is 4.74 Å². The smallest absolute Gasteiger partial charge is 0.308 e. The van der Waals surface area contributed by atoms with E-state index < -0.39 is 5.97 Å². The van der Waals surface area contributed by atoms with Gasteiger partial charge in [-0.15, -0.1) is 0 Å². The van der Waals surface area contributed by atoms with Crippen LogP contribution in [0.3, 0.4) is 0 Å². The number of amides is 2. The first-order chi connectivity index (χ1) is 9.99. The van der Waals surface area contributed by atoms with Crippen LogP contribution in [0.2, 0.25) is 0 Å². The van der Waals surface area contributed by atoms with Crippen molar-refractivity contribution in [3.63, 3.8) is 0 Å². The molecular weight excluding hydrogens is 272 g/mol. The van der Waals surface area contributed by atoms with Gasteiger partial charge >= 0.3 is 5.97 Å². The quantitative estimate of drug-likeness (QED) is 0.730. The van der Waals surface area contributed by atoms with Gasteiger partial charge in [-0.25, -0.2) is 0 Å². The lowest BCUT2D eigenvalue weighted by Gasteiger charge is -2.09. The second-order valence-corrected chi connectivity index (χ2v) is 4.75. The average molecular weight is 292 g/mol. The Morgan fingerprint density at radius 2 is 1.81 bits per heavy atom. The van der Waals surface area contributed by atoms with E-state index in [1.54, 1.807) is 24.3 Å². The topological polar surface area (TPSA) is 84.5 Å². The van der Waals surface area contributed by atoms with Gasteiger partial charge in [0.1, 0.15) is 0 Å². The maximum Gasteiger partial charge on any atom is 0.308 e. The second kappa shape index (κ2) is 8.73. The number of hydrogen-bond donors (Lipinski definition) is 2. The van der Waals surface area contributed by atoms with Crippen molar-refractivity contribution >= 4 is 17.8 Å². The van der Waals surface area contributed by atoms with Crippen LogP contribution in [-0.2, 0) is 14.3 Å². The molecule has 0 saturated heterocycles. The molecule has 0 saturated carbocycles. The molecule has 1 aromatic rings. The highest BCUT2D eigenvalue weighted by Crippen LogP contribution is 1.97. The summed E-state index contributed by atoms with van der Waals surface area (Å²) >= 11 is 0. The lowest BCUT2D eigenvalue weighted by molar-refractivity contribution is -0.148. The molecule has 0 radical (unpaired) electrons. The second-order valence-electron chi connectivity index (χ2n) is 4.75. The first kappa shape index (κ1) is 16.7. The van der Waals surface area contributed by atoms with Crippen LogP contribution in [0.15, 0.2) is 30.3 Å². The van der Waals surface area contributed by atoms with Gasteiger partial charge in [-0.3, -0.25) is 14.4 Å². The summed E-state index contributed by atoms with van der Waals surface area (Å²) in [5, 5.41) is 5.22. The van der Waals surface area contributed by atoms with Gasteiger partial charge in [0.25, 0.3) is 11.8 Å². The van der Waals surface area contributed by atoms with E-state index in [9.17, 15) is 14.4 Å². The van der Waals surface area contributed by atoms with Crippen molar-refractivity contribution in [1.82, 2.24) is 10.6 Å². The highest BCUT2D eigenvalue weighted by Gasteiger charge is 2.09. The van der Waals surface area contributed by atoms with E-state index in [-0.39, 0.29) is 37.4 Å². The van der Waals surface area contributed by atoms with E-state index in [1.165, 1.54) is 0 Å². The highest BCUT2D eigenvalue weighted by molar-refractivity contribution is 5.94. The van der Waals surface area contributed by atoms with Crippen molar-refractivity contribution < 1.29 is 19.1 Å². The molecule has 0 aromatic heterocycles. The molecule has 2 amide bonds. The summed E-state index contributed by atoms with van der Waals surface area (Å²) in [5.41, 5.74) is 0.530. The van der Waals surface area contributed by atoms with Crippen LogP contribution in [-0.4, -0.2) is 37.0 Å². The molecule has 6 nitrogen and oxygen atoms in total. The summed E-state index contributed by atoms with van der Waals surface area (Å²) in [6, 6.07) is 8.71. The van der Waals surface area contributed by atoms with Crippen LogP contribution < -0.4 is 10.6 Å². The Morgan fingerprint density at radius 1 is 1.14 bits per heavy atom. The van der Waals surface area contributed by atoms with Crippen LogP contribution >= 0.6 is 0 Å². The Labute approximate surface area is 123 Å². The number of nitrogens with one attached hydrogen (secondary N) is 2. The summed E-state index contributed by atoms with van der Waals surface area (Å²) in [5.74, 6) is -1.12. The third kappa shape index (κ3) is 7.10. The van der Waals surface area contributed by atoms with Gasteiger partial charge in [0.15, 0.2) is 6.61 Å². The zero-order valence-corrected chi connectivity index (χ0v) is 12.2. The number of benzene rings is 1. The molecule has 0 unspecified atom stereocenters. The van der Waals surface area contributed by atoms with Gasteiger partial charge in [-0.1, -0.05) is 18.2 Å². The van der Waals surface area contributed by atoms with Gasteiger partial charge in [0.05, 0.1) is 6.42 Å². The Morgan fingerprint density at radius 3 is 2.43 bits per heavy atom. The zero-order chi connectivity index (χ0) is 15.7. The van der Waals surface area contributed by atoms with Gasteiger partial charge in [0.2, 0.25) is 0 Å². The van der Waals surface area contributed by atoms with E-state index in [2.05, 4.69) is 10.6 Å². The van der Waals surface area contributed by atoms with Crippen molar-refractivity contribution in [2.45, 2.75) is 26.3 Å². The molecule has 2 N–H and O–H groups in total. The van der Waals surface area contributed by atoms with Crippen molar-refractivity contribution in [2.75, 3.05) is 13.2 Å². The maximum absolute atomic E-state index is 11.7. The van der Waals surface area contributed by atoms with Gasteiger partial charge in [-0.05, 0) is 26.0 Å². The Hall–Kier alpha value is -2.37. The molecule has 0 bridgehead atoms. The van der Waals surface area contributed by atoms with E-state index in [1.807, 2.05) is 19.9 Å². The normalized spacial score (nSPS) is 10.0. The van der Waals surface area contributed by atoms with Crippen LogP contribution in [0.1, 0.15) is 30.6 Å². The summed E-state index contributed by atoms with van der Waals surface area (Å²) in [6.07, 6.45) is 0.0214. The van der Waals surface area contributed by atoms with Crippen molar-refractivity contribution in [3.05, 3.63) is 35.9 Å². The number of rotatable bonds is 7. The summed E-state index contributed by atoms with van der Waals surface area (Å²) in [7, 11) is 0. The van der Waals surface area contributed by atoms with Crippen molar-refractivity contribution in [1.29, 1.82) is 0 Å². The number of carbonyl (C=O) groups excluding carboxylic acids is 3. The third-order valence-electron chi connectivity index (χ3n) is 2.46. The van der Waals surface area contributed by atoms with Crippen LogP contribution in [0, 0.1) is 0 Å². The van der Waals surface area contributed by atoms with Crippen LogP contribution in [0.25, 0.3) is 0 Å². The number of hydrogen-bond acceptors (Lipinski definition) is 4. The standard InChI is InChI=1S/C15H20N2O4/c1-11(2)17-13(18)10-21-14(19)8-9-16-15(20)12-6-4-3-5-7-12/h3-7,11H,8-10H2,1-2H3,(H,16,20)(H,17,18). The molecule has 1 rings (SSSR count). The molecule has 0 fully saturated rings. The molecule has 0 aliphatic rings. The molecule has 114 valence electrons. The molecule has 0 aliphatic heterocycles. The number of esters is 1. The molecule has 0 aliphatic carbocycles. The highest BCUT2D eigenvalue weighted by atomic mass is 16.5. The molecular formula is C15H20N2O4. The number of ether oxygens (including phenoxy) is 1. The van der Waals surface area contributed by atoms with E-state index in [0.717, 1.165) is 0 Å². The first-order valence-corrected chi connectivity index (χ1v) is 6.77. The molecule has 0 spiro atoms. The molecule has 0 heterocycles. The third-order valence-corrected chi connectivity index (χ3v) is 2.46. The van der Waals surface area contributed by atoms with E-state index >= 15 is 0 Å². The Balaban J connectivity index is 2.19. The van der Waals surface area contributed by atoms with Crippen LogP contribution in [0.4, 0.5) is 0 Å². The van der Waals surface area contributed by atoms with Crippen LogP contribution in [0.5, 0.6) is 0 Å². The predicted octanol–water partition coefficient (Wildman–Crippen LogP) is 0.874. The molecule has 1 aromatic carbocycles. The largest absolute Gasteiger partial charge is 0.456 e. The minimum Gasteiger partial charge on any atom is -0.456 e. The molecule has 0 atom stereocenters. The minimum absolute atomic E-state index is 0.00126. The van der Waals surface area contributed by atoms with Gasteiger partial charge < -0.3 is 15.4 Å².